The molecule has 3 N–H and O–H groups in total. The zero-order valence-electron chi connectivity index (χ0n) is 12.5. The van der Waals surface area contributed by atoms with E-state index in [2.05, 4.69) is 4.72 Å². The fourth-order valence-electron chi connectivity index (χ4n) is 2.27. The lowest BCUT2D eigenvalue weighted by atomic mass is 9.96. The van der Waals surface area contributed by atoms with Crippen LogP contribution >= 0.6 is 12.4 Å². The molecule has 1 aromatic carbocycles. The van der Waals surface area contributed by atoms with Gasteiger partial charge in [0.1, 0.15) is 0 Å². The van der Waals surface area contributed by atoms with Gasteiger partial charge in [0.05, 0.1) is 17.4 Å². The minimum absolute atomic E-state index is 0. The largest absolute Gasteiger partial charge is 0.468 e. The van der Waals surface area contributed by atoms with Gasteiger partial charge < -0.3 is 10.5 Å². The van der Waals surface area contributed by atoms with E-state index in [4.69, 9.17) is 10.5 Å². The first-order chi connectivity index (χ1) is 9.85. The number of sulfonamides is 1. The molecule has 6 nitrogen and oxygen atoms in total. The van der Waals surface area contributed by atoms with Crippen LogP contribution in [0.1, 0.15) is 25.3 Å². The SMILES string of the molecule is COC(=O)C1(c2ccc(S(=O)(=O)N[C@@H](C)CN)cc2)CC1.Cl. The molecule has 0 radical (unpaired) electrons. The highest BCUT2D eigenvalue weighted by molar-refractivity contribution is 7.89. The summed E-state index contributed by atoms with van der Waals surface area (Å²) in [6.45, 7) is 1.92. The van der Waals surface area contributed by atoms with Crippen molar-refractivity contribution in [1.29, 1.82) is 0 Å². The lowest BCUT2D eigenvalue weighted by Gasteiger charge is -2.15. The van der Waals surface area contributed by atoms with Gasteiger partial charge in [0.2, 0.25) is 10.0 Å². The average Bonchev–Trinajstić information content (AvgIpc) is 3.27. The van der Waals surface area contributed by atoms with Gasteiger partial charge in [-0.25, -0.2) is 13.1 Å². The van der Waals surface area contributed by atoms with E-state index in [1.54, 1.807) is 19.1 Å². The number of nitrogens with one attached hydrogen (secondary N) is 1. The molecule has 22 heavy (non-hydrogen) atoms. The summed E-state index contributed by atoms with van der Waals surface area (Å²) in [6.07, 6.45) is 1.46. The lowest BCUT2D eigenvalue weighted by Crippen LogP contribution is -2.37. The third-order valence-electron chi connectivity index (χ3n) is 3.75. The van der Waals surface area contributed by atoms with Gasteiger partial charge in [0.15, 0.2) is 0 Å². The van der Waals surface area contributed by atoms with Gasteiger partial charge in [-0.3, -0.25) is 4.79 Å². The smallest absolute Gasteiger partial charge is 0.316 e. The number of carbonyl (C=O) groups is 1. The molecule has 2 rings (SSSR count). The highest BCUT2D eigenvalue weighted by Crippen LogP contribution is 2.49. The summed E-state index contributed by atoms with van der Waals surface area (Å²) in [5, 5.41) is 0. The zero-order chi connectivity index (χ0) is 15.7. The molecule has 0 unspecified atom stereocenters. The van der Waals surface area contributed by atoms with E-state index in [1.165, 1.54) is 19.2 Å². The van der Waals surface area contributed by atoms with E-state index in [0.29, 0.717) is 0 Å². The average molecular weight is 349 g/mol. The number of halogens is 1. The maximum atomic E-state index is 12.1. The quantitative estimate of drug-likeness (QED) is 0.745. The summed E-state index contributed by atoms with van der Waals surface area (Å²) in [5.74, 6) is -0.270. The van der Waals surface area contributed by atoms with E-state index < -0.39 is 15.4 Å². The van der Waals surface area contributed by atoms with Gasteiger partial charge in [-0.2, -0.15) is 0 Å². The fourth-order valence-corrected chi connectivity index (χ4v) is 3.52. The molecule has 1 aromatic rings. The molecule has 1 fully saturated rings. The molecule has 0 aromatic heterocycles. The van der Waals surface area contributed by atoms with Gasteiger partial charge in [0, 0.05) is 12.6 Å². The number of rotatable bonds is 6. The summed E-state index contributed by atoms with van der Waals surface area (Å²) >= 11 is 0. The Morgan fingerprint density at radius 1 is 1.36 bits per heavy atom. The molecule has 1 saturated carbocycles. The monoisotopic (exact) mass is 348 g/mol. The van der Waals surface area contributed by atoms with Crippen LogP contribution in [0.15, 0.2) is 29.2 Å². The van der Waals surface area contributed by atoms with Crippen LogP contribution in [0.3, 0.4) is 0 Å². The van der Waals surface area contributed by atoms with Crippen LogP contribution in [0, 0.1) is 0 Å². The fraction of sp³-hybridized carbons (Fsp3) is 0.500. The van der Waals surface area contributed by atoms with E-state index in [9.17, 15) is 13.2 Å². The number of methoxy groups -OCH3 is 1. The Labute approximate surface area is 136 Å². The maximum Gasteiger partial charge on any atom is 0.316 e. The molecule has 8 heteroatoms. The van der Waals surface area contributed by atoms with E-state index in [0.717, 1.165) is 18.4 Å². The molecular weight excluding hydrogens is 328 g/mol. The second-order valence-corrected chi connectivity index (χ2v) is 7.07. The van der Waals surface area contributed by atoms with Crippen molar-refractivity contribution in [2.24, 2.45) is 5.73 Å². The highest BCUT2D eigenvalue weighted by atomic mass is 35.5. The predicted molar refractivity (Wildman–Crippen MR) is 85.5 cm³/mol. The number of carbonyl (C=O) groups excluding carboxylic acids is 1. The van der Waals surface area contributed by atoms with Crippen LogP contribution in [0.4, 0.5) is 0 Å². The van der Waals surface area contributed by atoms with Crippen LogP contribution in [0.2, 0.25) is 0 Å². The van der Waals surface area contributed by atoms with Gasteiger partial charge in [0.25, 0.3) is 0 Å². The summed E-state index contributed by atoms with van der Waals surface area (Å²) in [4.78, 5) is 12.0. The van der Waals surface area contributed by atoms with Crippen LogP contribution in [0.5, 0.6) is 0 Å². The number of benzene rings is 1. The first kappa shape index (κ1) is 18.9. The highest BCUT2D eigenvalue weighted by Gasteiger charge is 2.52. The first-order valence-electron chi connectivity index (χ1n) is 6.77. The maximum absolute atomic E-state index is 12.1. The first-order valence-corrected chi connectivity index (χ1v) is 8.25. The molecule has 1 atom stereocenters. The standard InChI is InChI=1S/C14H20N2O4S.ClH/c1-10(9-15)16-21(18,19)12-5-3-11(4-6-12)14(7-8-14)13(17)20-2;/h3-6,10,16H,7-9,15H2,1-2H3;1H/t10-;/m0./s1. The second-order valence-electron chi connectivity index (χ2n) is 5.36. The van der Waals surface area contributed by atoms with Crippen molar-refractivity contribution >= 4 is 28.4 Å². The van der Waals surface area contributed by atoms with Crippen molar-refractivity contribution in [3.05, 3.63) is 29.8 Å². The van der Waals surface area contributed by atoms with Crippen molar-refractivity contribution in [3.63, 3.8) is 0 Å². The molecule has 0 spiro atoms. The molecule has 1 aliphatic carbocycles. The molecule has 0 amide bonds. The van der Waals surface area contributed by atoms with Crippen LogP contribution in [0.25, 0.3) is 0 Å². The molecular formula is C14H21ClN2O4S. The Hall–Kier alpha value is -1.15. The van der Waals surface area contributed by atoms with Crippen LogP contribution in [-0.2, 0) is 25.0 Å². The second kappa shape index (κ2) is 6.95. The summed E-state index contributed by atoms with van der Waals surface area (Å²) in [5.41, 5.74) is 5.62. The number of hydrogen-bond acceptors (Lipinski definition) is 5. The Bertz CT molecular complexity index is 627. The molecule has 0 saturated heterocycles. The minimum Gasteiger partial charge on any atom is -0.468 e. The minimum atomic E-state index is -3.59. The number of nitrogens with two attached hydrogens (primary N) is 1. The van der Waals surface area contributed by atoms with Gasteiger partial charge in [-0.05, 0) is 37.5 Å². The Kier molecular flexibility index (Phi) is 5.97. The van der Waals surface area contributed by atoms with Crippen molar-refractivity contribution in [2.75, 3.05) is 13.7 Å². The molecule has 0 heterocycles. The molecule has 0 aliphatic heterocycles. The normalized spacial score (nSPS) is 17.2. The third-order valence-corrected chi connectivity index (χ3v) is 5.36. The summed E-state index contributed by atoms with van der Waals surface area (Å²) in [7, 11) is -2.22. The number of ether oxygens (including phenoxy) is 1. The predicted octanol–water partition coefficient (Wildman–Crippen LogP) is 0.939. The number of hydrogen-bond donors (Lipinski definition) is 2. The van der Waals surface area contributed by atoms with Crippen molar-refractivity contribution in [1.82, 2.24) is 4.72 Å². The zero-order valence-corrected chi connectivity index (χ0v) is 14.2. The third kappa shape index (κ3) is 3.60. The van der Waals surface area contributed by atoms with Gasteiger partial charge in [-0.1, -0.05) is 12.1 Å². The molecule has 0 bridgehead atoms. The van der Waals surface area contributed by atoms with E-state index in [1.807, 2.05) is 0 Å². The van der Waals surface area contributed by atoms with Crippen LogP contribution in [-0.4, -0.2) is 34.1 Å². The van der Waals surface area contributed by atoms with Gasteiger partial charge >= 0.3 is 5.97 Å². The van der Waals surface area contributed by atoms with Crippen LogP contribution < -0.4 is 10.5 Å². The van der Waals surface area contributed by atoms with Crippen molar-refractivity contribution < 1.29 is 17.9 Å². The Morgan fingerprint density at radius 3 is 2.32 bits per heavy atom. The van der Waals surface area contributed by atoms with Gasteiger partial charge in [-0.15, -0.1) is 12.4 Å². The topological polar surface area (TPSA) is 98.5 Å². The summed E-state index contributed by atoms with van der Waals surface area (Å²) in [6, 6.07) is 6.02. The molecule has 124 valence electrons. The van der Waals surface area contributed by atoms with E-state index >= 15 is 0 Å². The van der Waals surface area contributed by atoms with Crippen molar-refractivity contribution in [2.45, 2.75) is 36.1 Å². The summed E-state index contributed by atoms with van der Waals surface area (Å²) < 4.78 is 31.5. The Morgan fingerprint density at radius 2 is 1.91 bits per heavy atom. The Balaban J connectivity index is 0.00000242. The van der Waals surface area contributed by atoms with E-state index in [-0.39, 0.29) is 35.9 Å². The lowest BCUT2D eigenvalue weighted by molar-refractivity contribution is -0.143. The number of esters is 1. The van der Waals surface area contributed by atoms with Crippen molar-refractivity contribution in [3.8, 4) is 0 Å². The molecule has 1 aliphatic rings.